The maximum absolute atomic E-state index is 10.7. The highest BCUT2D eigenvalue weighted by Gasteiger charge is 2.11. The van der Waals surface area contributed by atoms with Gasteiger partial charge in [-0.3, -0.25) is 9.36 Å². The van der Waals surface area contributed by atoms with Gasteiger partial charge in [0, 0.05) is 16.4 Å². The molecule has 0 fully saturated rings. The van der Waals surface area contributed by atoms with Gasteiger partial charge in [-0.1, -0.05) is 33.8 Å². The number of hydrogen-bond donors (Lipinski definition) is 1. The summed E-state index contributed by atoms with van der Waals surface area (Å²) in [5.41, 5.74) is 2.98. The van der Waals surface area contributed by atoms with Gasteiger partial charge < -0.3 is 5.11 Å². The van der Waals surface area contributed by atoms with Crippen molar-refractivity contribution >= 4 is 33.7 Å². The Morgan fingerprint density at radius 1 is 1.47 bits per heavy atom. The van der Waals surface area contributed by atoms with E-state index in [4.69, 9.17) is 5.11 Å². The van der Waals surface area contributed by atoms with Crippen molar-refractivity contribution in [1.82, 2.24) is 9.55 Å². The zero-order valence-electron chi connectivity index (χ0n) is 10.6. The Balaban J connectivity index is 2.37. The zero-order valence-corrected chi connectivity index (χ0v) is 13.0. The standard InChI is InChI=1S/C13H13BrN2O2S/c1-8-3-4-10(5-11(8)14)16-6-9(2)15-13(16)19-7-12(17)18/h3-6H,7H2,1-2H3,(H,17,18). The molecule has 0 spiro atoms. The van der Waals surface area contributed by atoms with Crippen LogP contribution in [0.1, 0.15) is 11.3 Å². The number of aliphatic carboxylic acids is 1. The number of nitrogens with zero attached hydrogens (tertiary/aromatic N) is 2. The Morgan fingerprint density at radius 2 is 2.21 bits per heavy atom. The summed E-state index contributed by atoms with van der Waals surface area (Å²) in [6, 6.07) is 6.01. The van der Waals surface area contributed by atoms with Gasteiger partial charge in [0.25, 0.3) is 0 Å². The number of aryl methyl sites for hydroxylation is 2. The lowest BCUT2D eigenvalue weighted by Crippen LogP contribution is -2.01. The van der Waals surface area contributed by atoms with Crippen LogP contribution < -0.4 is 0 Å². The van der Waals surface area contributed by atoms with Gasteiger partial charge in [0.05, 0.1) is 11.4 Å². The van der Waals surface area contributed by atoms with E-state index < -0.39 is 5.97 Å². The molecule has 0 bridgehead atoms. The van der Waals surface area contributed by atoms with Crippen LogP contribution in [-0.4, -0.2) is 26.4 Å². The second-order valence-electron chi connectivity index (χ2n) is 4.15. The normalized spacial score (nSPS) is 10.7. The van der Waals surface area contributed by atoms with Crippen LogP contribution in [0, 0.1) is 13.8 Å². The maximum atomic E-state index is 10.7. The van der Waals surface area contributed by atoms with E-state index in [0.717, 1.165) is 21.4 Å². The first kappa shape index (κ1) is 14.1. The second kappa shape index (κ2) is 5.79. The summed E-state index contributed by atoms with van der Waals surface area (Å²) in [5, 5.41) is 9.45. The molecular weight excluding hydrogens is 328 g/mol. The van der Waals surface area contributed by atoms with E-state index in [1.54, 1.807) is 0 Å². The van der Waals surface area contributed by atoms with Crippen LogP contribution in [0.5, 0.6) is 0 Å². The van der Waals surface area contributed by atoms with Gasteiger partial charge in [0.15, 0.2) is 5.16 Å². The lowest BCUT2D eigenvalue weighted by atomic mass is 10.2. The van der Waals surface area contributed by atoms with Crippen LogP contribution in [0.3, 0.4) is 0 Å². The topological polar surface area (TPSA) is 55.1 Å². The maximum Gasteiger partial charge on any atom is 0.313 e. The Hall–Kier alpha value is -1.27. The monoisotopic (exact) mass is 340 g/mol. The fourth-order valence-electron chi connectivity index (χ4n) is 1.62. The highest BCUT2D eigenvalue weighted by atomic mass is 79.9. The van der Waals surface area contributed by atoms with Gasteiger partial charge in [0.1, 0.15) is 0 Å². The first-order valence-electron chi connectivity index (χ1n) is 5.64. The van der Waals surface area contributed by atoms with Gasteiger partial charge in [-0.25, -0.2) is 4.98 Å². The zero-order chi connectivity index (χ0) is 14.0. The summed E-state index contributed by atoms with van der Waals surface area (Å²) < 4.78 is 2.93. The minimum absolute atomic E-state index is 0.00346. The van der Waals surface area contributed by atoms with Gasteiger partial charge in [-0.2, -0.15) is 0 Å². The van der Waals surface area contributed by atoms with Crippen LogP contribution in [0.15, 0.2) is 34.0 Å². The average molecular weight is 341 g/mol. The summed E-state index contributed by atoms with van der Waals surface area (Å²) >= 11 is 4.72. The smallest absolute Gasteiger partial charge is 0.313 e. The van der Waals surface area contributed by atoms with Crippen LogP contribution in [0.25, 0.3) is 5.69 Å². The molecule has 0 amide bonds. The van der Waals surface area contributed by atoms with Crippen molar-refractivity contribution in [2.75, 3.05) is 5.75 Å². The molecule has 0 aliphatic rings. The van der Waals surface area contributed by atoms with E-state index in [9.17, 15) is 4.79 Å². The number of imidazole rings is 1. The van der Waals surface area contributed by atoms with Crippen LogP contribution in [-0.2, 0) is 4.79 Å². The molecule has 100 valence electrons. The Bertz CT molecular complexity index is 625. The summed E-state index contributed by atoms with van der Waals surface area (Å²) in [4.78, 5) is 15.0. The largest absolute Gasteiger partial charge is 0.481 e. The molecule has 2 rings (SSSR count). The fourth-order valence-corrected chi connectivity index (χ4v) is 2.75. The van der Waals surface area contributed by atoms with Crippen molar-refractivity contribution in [3.8, 4) is 5.69 Å². The number of hydrogen-bond acceptors (Lipinski definition) is 3. The fraction of sp³-hybridized carbons (Fsp3) is 0.231. The third-order valence-corrected chi connectivity index (χ3v) is 4.34. The number of carbonyl (C=O) groups is 1. The predicted molar refractivity (Wildman–Crippen MR) is 79.1 cm³/mol. The molecule has 2 aromatic rings. The molecule has 0 unspecified atom stereocenters. The van der Waals surface area contributed by atoms with E-state index in [1.165, 1.54) is 11.8 Å². The van der Waals surface area contributed by atoms with Crippen molar-refractivity contribution in [3.63, 3.8) is 0 Å². The Morgan fingerprint density at radius 3 is 2.84 bits per heavy atom. The van der Waals surface area contributed by atoms with E-state index in [2.05, 4.69) is 20.9 Å². The molecule has 0 saturated heterocycles. The molecule has 0 radical (unpaired) electrons. The molecule has 1 aromatic carbocycles. The Labute approximate surface area is 124 Å². The van der Waals surface area contributed by atoms with Crippen molar-refractivity contribution in [2.24, 2.45) is 0 Å². The lowest BCUT2D eigenvalue weighted by Gasteiger charge is -2.08. The quantitative estimate of drug-likeness (QED) is 0.866. The number of carboxylic acid groups (broad SMARTS) is 1. The van der Waals surface area contributed by atoms with E-state index >= 15 is 0 Å². The van der Waals surface area contributed by atoms with E-state index in [0.29, 0.717) is 5.16 Å². The highest BCUT2D eigenvalue weighted by molar-refractivity contribution is 9.10. The molecule has 1 N–H and O–H groups in total. The summed E-state index contributed by atoms with van der Waals surface area (Å²) in [6.45, 7) is 3.91. The average Bonchev–Trinajstić information content (AvgIpc) is 2.71. The number of carboxylic acids is 1. The molecular formula is C13H13BrN2O2S. The summed E-state index contributed by atoms with van der Waals surface area (Å²) in [6.07, 6.45) is 1.90. The number of rotatable bonds is 4. The van der Waals surface area contributed by atoms with E-state index in [-0.39, 0.29) is 5.75 Å². The SMILES string of the molecule is Cc1cn(-c2ccc(C)c(Br)c2)c(SCC(=O)O)n1. The lowest BCUT2D eigenvalue weighted by molar-refractivity contribution is -0.133. The second-order valence-corrected chi connectivity index (χ2v) is 5.95. The minimum Gasteiger partial charge on any atom is -0.481 e. The molecule has 0 aliphatic heterocycles. The predicted octanol–water partition coefficient (Wildman–Crippen LogP) is 3.43. The van der Waals surface area contributed by atoms with Gasteiger partial charge in [0.2, 0.25) is 0 Å². The summed E-state index contributed by atoms with van der Waals surface area (Å²) in [7, 11) is 0. The molecule has 1 aromatic heterocycles. The molecule has 0 atom stereocenters. The minimum atomic E-state index is -0.845. The number of halogens is 1. The van der Waals surface area contributed by atoms with Gasteiger partial charge in [-0.15, -0.1) is 0 Å². The van der Waals surface area contributed by atoms with Crippen molar-refractivity contribution in [1.29, 1.82) is 0 Å². The van der Waals surface area contributed by atoms with Crippen LogP contribution in [0.4, 0.5) is 0 Å². The number of thioether (sulfide) groups is 1. The molecule has 0 saturated carbocycles. The molecule has 1 heterocycles. The first-order valence-corrected chi connectivity index (χ1v) is 7.42. The van der Waals surface area contributed by atoms with Crippen LogP contribution in [0.2, 0.25) is 0 Å². The number of benzene rings is 1. The van der Waals surface area contributed by atoms with Crippen LogP contribution >= 0.6 is 27.7 Å². The third kappa shape index (κ3) is 3.39. The third-order valence-electron chi connectivity index (χ3n) is 2.55. The molecule has 4 nitrogen and oxygen atoms in total. The molecule has 0 aliphatic carbocycles. The molecule has 6 heteroatoms. The first-order chi connectivity index (χ1) is 8.97. The summed E-state index contributed by atoms with van der Waals surface area (Å²) in [5.74, 6) is -0.842. The van der Waals surface area contributed by atoms with Crippen molar-refractivity contribution in [2.45, 2.75) is 19.0 Å². The number of aromatic nitrogens is 2. The highest BCUT2D eigenvalue weighted by Crippen LogP contribution is 2.25. The molecule has 19 heavy (non-hydrogen) atoms. The van der Waals surface area contributed by atoms with Gasteiger partial charge >= 0.3 is 5.97 Å². The van der Waals surface area contributed by atoms with Crippen molar-refractivity contribution in [3.05, 3.63) is 40.1 Å². The Kier molecular flexibility index (Phi) is 4.31. The van der Waals surface area contributed by atoms with E-state index in [1.807, 2.05) is 42.8 Å². The van der Waals surface area contributed by atoms with Crippen molar-refractivity contribution < 1.29 is 9.90 Å². The van der Waals surface area contributed by atoms with Gasteiger partial charge in [-0.05, 0) is 31.5 Å².